The summed E-state index contributed by atoms with van der Waals surface area (Å²) < 4.78 is 0. The molecule has 1 rings (SSSR count). The number of carboxylic acids is 1. The van der Waals surface area contributed by atoms with E-state index in [0.29, 0.717) is 12.5 Å². The van der Waals surface area contributed by atoms with Gasteiger partial charge < -0.3 is 15.7 Å². The van der Waals surface area contributed by atoms with Crippen molar-refractivity contribution < 1.29 is 9.90 Å². The lowest BCUT2D eigenvalue weighted by Gasteiger charge is -2.34. The van der Waals surface area contributed by atoms with Gasteiger partial charge in [0.15, 0.2) is 0 Å². The number of piperidine rings is 1. The maximum atomic E-state index is 10.3. The van der Waals surface area contributed by atoms with Crippen LogP contribution in [0.1, 0.15) is 19.8 Å². The Hall–Kier alpha value is -0.0300. The van der Waals surface area contributed by atoms with E-state index in [1.165, 1.54) is 0 Å². The number of carboxylic acid groups (broad SMARTS) is 1. The molecule has 4 nitrogen and oxygen atoms in total. The summed E-state index contributed by atoms with van der Waals surface area (Å²) in [6.07, 6.45) is 1.28. The smallest absolute Gasteiger partial charge is 0.304 e. The van der Waals surface area contributed by atoms with Gasteiger partial charge in [-0.15, -0.1) is 24.8 Å². The van der Waals surface area contributed by atoms with Crippen LogP contribution in [-0.4, -0.2) is 41.7 Å². The summed E-state index contributed by atoms with van der Waals surface area (Å²) in [7, 11) is 0. The van der Waals surface area contributed by atoms with Crippen LogP contribution in [0.25, 0.3) is 0 Å². The molecule has 1 heterocycles. The molecule has 6 heteroatoms. The van der Waals surface area contributed by atoms with Crippen molar-refractivity contribution >= 4 is 30.8 Å². The van der Waals surface area contributed by atoms with Crippen molar-refractivity contribution in [2.45, 2.75) is 25.8 Å². The largest absolute Gasteiger partial charge is 0.481 e. The molecule has 0 aromatic rings. The van der Waals surface area contributed by atoms with Crippen LogP contribution < -0.4 is 5.73 Å². The van der Waals surface area contributed by atoms with Gasteiger partial charge in [-0.2, -0.15) is 0 Å². The second kappa shape index (κ2) is 8.16. The van der Waals surface area contributed by atoms with Crippen LogP contribution >= 0.6 is 24.8 Å². The summed E-state index contributed by atoms with van der Waals surface area (Å²) in [5, 5.41) is 8.52. The van der Waals surface area contributed by atoms with Crippen molar-refractivity contribution in [1.82, 2.24) is 4.90 Å². The minimum atomic E-state index is -0.730. The number of hydrogen-bond acceptors (Lipinski definition) is 3. The number of nitrogens with zero attached hydrogens (tertiary/aromatic N) is 1. The quantitative estimate of drug-likeness (QED) is 0.792. The Morgan fingerprint density at radius 1 is 1.47 bits per heavy atom. The Kier molecular flexibility index (Phi) is 9.45. The summed E-state index contributed by atoms with van der Waals surface area (Å²) in [6, 6.07) is 0.220. The summed E-state index contributed by atoms with van der Waals surface area (Å²) in [4.78, 5) is 12.5. The molecule has 15 heavy (non-hydrogen) atoms. The van der Waals surface area contributed by atoms with E-state index in [2.05, 4.69) is 11.8 Å². The number of nitrogens with two attached hydrogens (primary N) is 1. The van der Waals surface area contributed by atoms with E-state index < -0.39 is 5.97 Å². The van der Waals surface area contributed by atoms with Crippen LogP contribution in [0.3, 0.4) is 0 Å². The van der Waals surface area contributed by atoms with Crippen LogP contribution in [0.4, 0.5) is 0 Å². The van der Waals surface area contributed by atoms with Gasteiger partial charge in [-0.25, -0.2) is 0 Å². The first-order valence-electron chi connectivity index (χ1n) is 4.77. The first-order chi connectivity index (χ1) is 6.08. The number of hydrogen-bond donors (Lipinski definition) is 2. The van der Waals surface area contributed by atoms with Crippen LogP contribution in [-0.2, 0) is 4.79 Å². The molecule has 0 aliphatic carbocycles. The lowest BCUT2D eigenvalue weighted by atomic mass is 9.96. The monoisotopic (exact) mass is 258 g/mol. The molecule has 0 bridgehead atoms. The summed E-state index contributed by atoms with van der Waals surface area (Å²) in [5.41, 5.74) is 5.83. The molecule has 0 aromatic heterocycles. The fourth-order valence-corrected chi connectivity index (χ4v) is 1.95. The van der Waals surface area contributed by atoms with Gasteiger partial charge in [-0.3, -0.25) is 4.79 Å². The molecule has 1 aliphatic heterocycles. The lowest BCUT2D eigenvalue weighted by Crippen LogP contribution is -2.46. The van der Waals surface area contributed by atoms with Gasteiger partial charge in [0.2, 0.25) is 0 Å². The van der Waals surface area contributed by atoms with Crippen molar-refractivity contribution in [1.29, 1.82) is 0 Å². The topological polar surface area (TPSA) is 66.6 Å². The van der Waals surface area contributed by atoms with E-state index in [-0.39, 0.29) is 37.3 Å². The molecule has 1 fully saturated rings. The van der Waals surface area contributed by atoms with Crippen LogP contribution in [0.2, 0.25) is 0 Å². The minimum Gasteiger partial charge on any atom is -0.481 e. The second-order valence-electron chi connectivity index (χ2n) is 4.00. The SMILES string of the molecule is CC1CC(N)CN(CCC(=O)O)C1.Cl.Cl. The maximum absolute atomic E-state index is 10.3. The Balaban J connectivity index is 0. The highest BCUT2D eigenvalue weighted by molar-refractivity contribution is 5.85. The van der Waals surface area contributed by atoms with Gasteiger partial charge in [0.25, 0.3) is 0 Å². The van der Waals surface area contributed by atoms with Gasteiger partial charge in [0, 0.05) is 25.7 Å². The molecular weight excluding hydrogens is 239 g/mol. The van der Waals surface area contributed by atoms with E-state index in [1.54, 1.807) is 0 Å². The van der Waals surface area contributed by atoms with Crippen LogP contribution in [0, 0.1) is 5.92 Å². The van der Waals surface area contributed by atoms with Crippen LogP contribution in [0.5, 0.6) is 0 Å². The van der Waals surface area contributed by atoms with Crippen molar-refractivity contribution in [3.63, 3.8) is 0 Å². The van der Waals surface area contributed by atoms with Crippen LogP contribution in [0.15, 0.2) is 0 Å². The number of rotatable bonds is 3. The fraction of sp³-hybridized carbons (Fsp3) is 0.889. The molecule has 2 unspecified atom stereocenters. The number of carbonyl (C=O) groups is 1. The second-order valence-corrected chi connectivity index (χ2v) is 4.00. The molecule has 0 spiro atoms. The Bertz CT molecular complexity index is 183. The molecule has 1 saturated heterocycles. The lowest BCUT2D eigenvalue weighted by molar-refractivity contribution is -0.137. The van der Waals surface area contributed by atoms with Crippen molar-refractivity contribution in [3.8, 4) is 0 Å². The molecule has 0 amide bonds. The highest BCUT2D eigenvalue weighted by Gasteiger charge is 2.21. The fourth-order valence-electron chi connectivity index (χ4n) is 1.95. The average Bonchev–Trinajstić information content (AvgIpc) is 1.99. The molecule has 0 radical (unpaired) electrons. The standard InChI is InChI=1S/C9H18N2O2.2ClH/c1-7-4-8(10)6-11(5-7)3-2-9(12)13;;/h7-8H,2-6,10H2,1H3,(H,12,13);2*1H. The predicted octanol–water partition coefficient (Wildman–Crippen LogP) is 0.974. The molecular formula is C9H20Cl2N2O2. The molecule has 92 valence electrons. The molecule has 1 aliphatic rings. The first kappa shape index (κ1) is 17.4. The van der Waals surface area contributed by atoms with Gasteiger partial charge >= 0.3 is 5.97 Å². The van der Waals surface area contributed by atoms with Crippen molar-refractivity contribution in [2.24, 2.45) is 11.7 Å². The van der Waals surface area contributed by atoms with E-state index in [9.17, 15) is 4.79 Å². The molecule has 2 atom stereocenters. The van der Waals surface area contributed by atoms with Crippen molar-refractivity contribution in [3.05, 3.63) is 0 Å². The summed E-state index contributed by atoms with van der Waals surface area (Å²) in [6.45, 7) is 4.62. The highest BCUT2D eigenvalue weighted by atomic mass is 35.5. The summed E-state index contributed by atoms with van der Waals surface area (Å²) in [5.74, 6) is -0.135. The number of halogens is 2. The van der Waals surface area contributed by atoms with Gasteiger partial charge in [-0.05, 0) is 12.3 Å². The first-order valence-corrected chi connectivity index (χ1v) is 4.77. The summed E-state index contributed by atoms with van der Waals surface area (Å²) >= 11 is 0. The maximum Gasteiger partial charge on any atom is 0.304 e. The predicted molar refractivity (Wildman–Crippen MR) is 64.9 cm³/mol. The third-order valence-electron chi connectivity index (χ3n) is 2.41. The average molecular weight is 259 g/mol. The number of aliphatic carboxylic acids is 1. The molecule has 3 N–H and O–H groups in total. The zero-order chi connectivity index (χ0) is 9.84. The zero-order valence-electron chi connectivity index (χ0n) is 8.89. The third-order valence-corrected chi connectivity index (χ3v) is 2.41. The Morgan fingerprint density at radius 2 is 2.07 bits per heavy atom. The van der Waals surface area contributed by atoms with E-state index in [1.807, 2.05) is 0 Å². The van der Waals surface area contributed by atoms with E-state index in [0.717, 1.165) is 19.5 Å². The zero-order valence-corrected chi connectivity index (χ0v) is 10.5. The van der Waals surface area contributed by atoms with Gasteiger partial charge in [0.1, 0.15) is 0 Å². The van der Waals surface area contributed by atoms with E-state index in [4.69, 9.17) is 10.8 Å². The molecule has 0 aromatic carbocycles. The van der Waals surface area contributed by atoms with E-state index >= 15 is 0 Å². The highest BCUT2D eigenvalue weighted by Crippen LogP contribution is 2.14. The number of likely N-dealkylation sites (tertiary alicyclic amines) is 1. The third kappa shape index (κ3) is 6.95. The Morgan fingerprint density at radius 3 is 2.53 bits per heavy atom. The van der Waals surface area contributed by atoms with Gasteiger partial charge in [-0.1, -0.05) is 6.92 Å². The van der Waals surface area contributed by atoms with Gasteiger partial charge in [0.05, 0.1) is 6.42 Å². The molecule has 0 saturated carbocycles. The minimum absolute atomic E-state index is 0. The van der Waals surface area contributed by atoms with Crippen molar-refractivity contribution in [2.75, 3.05) is 19.6 Å². The normalized spacial score (nSPS) is 26.3. The Labute approximate surface area is 103 Å².